The summed E-state index contributed by atoms with van der Waals surface area (Å²) in [5, 5.41) is 0.0452. The molecule has 5 nitrogen and oxygen atoms in total. The zero-order chi connectivity index (χ0) is 20.3. The Balaban J connectivity index is 1.45. The first-order valence-electron chi connectivity index (χ1n) is 9.80. The van der Waals surface area contributed by atoms with Crippen LogP contribution in [-0.4, -0.2) is 49.8 Å². The number of halogens is 2. The number of nitrogens with one attached hydrogen (secondary N) is 1. The van der Waals surface area contributed by atoms with Crippen molar-refractivity contribution in [2.24, 2.45) is 5.92 Å². The summed E-state index contributed by atoms with van der Waals surface area (Å²) >= 11 is 5.79. The van der Waals surface area contributed by atoms with E-state index in [1.54, 1.807) is 0 Å². The molecular weight excluding hydrogens is 399 g/mol. The minimum Gasteiger partial charge on any atom is -0.409 e. The van der Waals surface area contributed by atoms with Gasteiger partial charge in [0.1, 0.15) is 6.10 Å². The van der Waals surface area contributed by atoms with Crippen molar-refractivity contribution in [1.29, 1.82) is 0 Å². The molecule has 2 aromatic rings. The number of rotatable bonds is 4. The smallest absolute Gasteiger partial charge is 0.192 e. The Labute approximate surface area is 171 Å². The molecule has 0 bridgehead atoms. The molecule has 0 radical (unpaired) electrons. The second-order valence-corrected chi connectivity index (χ2v) is 14.6. The lowest BCUT2D eigenvalue weighted by molar-refractivity contribution is 0.0230. The third-order valence-corrected chi connectivity index (χ3v) is 11.2. The second kappa shape index (κ2) is 7.06. The predicted octanol–water partition coefficient (Wildman–Crippen LogP) is 4.70. The monoisotopic (exact) mass is 426 g/mol. The standard InChI is InChI=1S/C20H28ClFN2O3Si/c1-20(2,3)28(4,5)27-16-10-26-17-11(9-25-18(16)17)6-12-7-14-15(23-12)8-13(22)19(21)24-14/h7-8,11,16-18,23H,6,9-10H2,1-5H3/t11?,16-,17-,18-/m1/s1. The van der Waals surface area contributed by atoms with E-state index in [-0.39, 0.29) is 34.4 Å². The lowest BCUT2D eigenvalue weighted by Crippen LogP contribution is -2.47. The molecule has 2 aliphatic heterocycles. The van der Waals surface area contributed by atoms with Gasteiger partial charge in [-0.25, -0.2) is 9.37 Å². The summed E-state index contributed by atoms with van der Waals surface area (Å²) in [6.45, 7) is 12.4. The number of pyridine rings is 1. The van der Waals surface area contributed by atoms with Gasteiger partial charge in [0.25, 0.3) is 0 Å². The molecule has 0 amide bonds. The molecule has 2 fully saturated rings. The fourth-order valence-electron chi connectivity index (χ4n) is 3.83. The number of nitrogens with zero attached hydrogens (tertiary/aromatic N) is 1. The molecule has 2 aromatic heterocycles. The van der Waals surface area contributed by atoms with Gasteiger partial charge in [0.2, 0.25) is 0 Å². The highest BCUT2D eigenvalue weighted by Gasteiger charge is 2.51. The Morgan fingerprint density at radius 1 is 1.25 bits per heavy atom. The molecule has 8 heteroatoms. The number of aromatic nitrogens is 2. The van der Waals surface area contributed by atoms with E-state index < -0.39 is 14.1 Å². The maximum Gasteiger partial charge on any atom is 0.192 e. The fourth-order valence-corrected chi connectivity index (χ4v) is 5.29. The number of hydrogen-bond acceptors (Lipinski definition) is 4. The minimum atomic E-state index is -1.88. The molecule has 28 heavy (non-hydrogen) atoms. The molecule has 0 spiro atoms. The molecule has 4 rings (SSSR count). The zero-order valence-electron chi connectivity index (χ0n) is 17.0. The van der Waals surface area contributed by atoms with Crippen molar-refractivity contribution in [3.8, 4) is 0 Å². The van der Waals surface area contributed by atoms with Crippen LogP contribution < -0.4 is 0 Å². The Morgan fingerprint density at radius 2 is 1.96 bits per heavy atom. The summed E-state index contributed by atoms with van der Waals surface area (Å²) in [6.07, 6.45) is 0.750. The number of H-pyrrole nitrogens is 1. The lowest BCUT2D eigenvalue weighted by atomic mass is 9.96. The molecular formula is C20H28ClFN2O3Si. The van der Waals surface area contributed by atoms with Gasteiger partial charge in [-0.1, -0.05) is 32.4 Å². The van der Waals surface area contributed by atoms with Crippen molar-refractivity contribution in [2.45, 2.75) is 63.6 Å². The molecule has 0 aliphatic carbocycles. The first-order chi connectivity index (χ1) is 13.0. The van der Waals surface area contributed by atoms with Gasteiger partial charge in [-0.15, -0.1) is 0 Å². The number of aromatic amines is 1. The molecule has 1 unspecified atom stereocenters. The van der Waals surface area contributed by atoms with E-state index in [2.05, 4.69) is 43.8 Å². The van der Waals surface area contributed by atoms with Crippen LogP contribution in [0.5, 0.6) is 0 Å². The van der Waals surface area contributed by atoms with Crippen LogP contribution in [0.4, 0.5) is 4.39 Å². The highest BCUT2D eigenvalue weighted by molar-refractivity contribution is 6.74. The van der Waals surface area contributed by atoms with E-state index in [1.165, 1.54) is 6.07 Å². The van der Waals surface area contributed by atoms with Crippen LogP contribution in [0, 0.1) is 11.7 Å². The van der Waals surface area contributed by atoms with Crippen LogP contribution in [-0.2, 0) is 20.3 Å². The average molecular weight is 427 g/mol. The van der Waals surface area contributed by atoms with E-state index in [1.807, 2.05) is 6.07 Å². The Hall–Kier alpha value is -0.993. The van der Waals surface area contributed by atoms with Gasteiger partial charge in [0, 0.05) is 17.7 Å². The predicted molar refractivity (Wildman–Crippen MR) is 110 cm³/mol. The molecule has 0 saturated carbocycles. The van der Waals surface area contributed by atoms with Crippen molar-refractivity contribution in [3.63, 3.8) is 0 Å². The summed E-state index contributed by atoms with van der Waals surface area (Å²) in [5.41, 5.74) is 2.30. The summed E-state index contributed by atoms with van der Waals surface area (Å²) in [6, 6.07) is 3.31. The van der Waals surface area contributed by atoms with Crippen LogP contribution in [0.1, 0.15) is 26.5 Å². The summed E-state index contributed by atoms with van der Waals surface area (Å²) in [4.78, 5) is 7.34. The molecule has 2 saturated heterocycles. The summed E-state index contributed by atoms with van der Waals surface area (Å²) < 4.78 is 32.4. The highest BCUT2D eigenvalue weighted by atomic mass is 35.5. The fraction of sp³-hybridized carbons (Fsp3) is 0.650. The van der Waals surface area contributed by atoms with Gasteiger partial charge >= 0.3 is 0 Å². The van der Waals surface area contributed by atoms with E-state index in [0.717, 1.165) is 12.1 Å². The first kappa shape index (κ1) is 20.3. The molecule has 4 heterocycles. The van der Waals surface area contributed by atoms with Gasteiger partial charge in [0.15, 0.2) is 19.3 Å². The normalized spacial score (nSPS) is 28.2. The largest absolute Gasteiger partial charge is 0.409 e. The number of fused-ring (bicyclic) bond motifs is 2. The van der Waals surface area contributed by atoms with Crippen molar-refractivity contribution in [1.82, 2.24) is 9.97 Å². The quantitative estimate of drug-likeness (QED) is 0.568. The molecule has 1 N–H and O–H groups in total. The van der Waals surface area contributed by atoms with Gasteiger partial charge in [-0.2, -0.15) is 0 Å². The maximum atomic E-state index is 13.6. The van der Waals surface area contributed by atoms with E-state index >= 15 is 0 Å². The van der Waals surface area contributed by atoms with Crippen molar-refractivity contribution in [3.05, 3.63) is 28.8 Å². The van der Waals surface area contributed by atoms with Gasteiger partial charge in [-0.05, 0) is 30.6 Å². The summed E-state index contributed by atoms with van der Waals surface area (Å²) in [5.74, 6) is -0.289. The molecule has 0 aromatic carbocycles. The third-order valence-electron chi connectivity index (χ3n) is 6.41. The van der Waals surface area contributed by atoms with Crippen LogP contribution in [0.2, 0.25) is 23.3 Å². The lowest BCUT2D eigenvalue weighted by Gasteiger charge is -2.39. The molecule has 2 aliphatic rings. The summed E-state index contributed by atoms with van der Waals surface area (Å²) in [7, 11) is -1.88. The van der Waals surface area contributed by atoms with Crippen molar-refractivity contribution in [2.75, 3.05) is 13.2 Å². The van der Waals surface area contributed by atoms with Crippen molar-refractivity contribution < 1.29 is 18.3 Å². The van der Waals surface area contributed by atoms with E-state index in [9.17, 15) is 4.39 Å². The van der Waals surface area contributed by atoms with Gasteiger partial charge in [-0.3, -0.25) is 0 Å². The SMILES string of the molecule is CC(C)(C)[Si](C)(C)O[C@@H]1CO[C@@H]2C(Cc3cc4nc(Cl)c(F)cc4[nH]3)CO[C@@H]21. The molecule has 154 valence electrons. The van der Waals surface area contributed by atoms with Gasteiger partial charge in [0.05, 0.1) is 36.5 Å². The van der Waals surface area contributed by atoms with Gasteiger partial charge < -0.3 is 18.9 Å². The highest BCUT2D eigenvalue weighted by Crippen LogP contribution is 2.41. The topological polar surface area (TPSA) is 56.4 Å². The Kier molecular flexibility index (Phi) is 5.11. The van der Waals surface area contributed by atoms with Crippen molar-refractivity contribution >= 4 is 31.0 Å². The average Bonchev–Trinajstić information content (AvgIpc) is 3.25. The number of hydrogen-bond donors (Lipinski definition) is 1. The Morgan fingerprint density at radius 3 is 2.68 bits per heavy atom. The van der Waals surface area contributed by atoms with Crippen LogP contribution in [0.25, 0.3) is 11.0 Å². The zero-order valence-corrected chi connectivity index (χ0v) is 18.8. The van der Waals surface area contributed by atoms with E-state index in [4.69, 9.17) is 25.5 Å². The second-order valence-electron chi connectivity index (χ2n) is 9.47. The molecule has 4 atom stereocenters. The van der Waals surface area contributed by atoms with Crippen LogP contribution in [0.3, 0.4) is 0 Å². The third kappa shape index (κ3) is 3.63. The minimum absolute atomic E-state index is 0.00632. The van der Waals surface area contributed by atoms with E-state index in [0.29, 0.717) is 24.2 Å². The Bertz CT molecular complexity index is 843. The maximum absolute atomic E-state index is 13.6. The number of ether oxygens (including phenoxy) is 2. The van der Waals surface area contributed by atoms with Crippen LogP contribution >= 0.6 is 11.6 Å². The first-order valence-corrected chi connectivity index (χ1v) is 13.1. The van der Waals surface area contributed by atoms with Crippen LogP contribution in [0.15, 0.2) is 12.1 Å².